The molecule has 0 aliphatic carbocycles. The third kappa shape index (κ3) is 7.89. The van der Waals surface area contributed by atoms with Crippen molar-refractivity contribution in [1.82, 2.24) is 4.90 Å². The zero-order chi connectivity index (χ0) is 8.41. The van der Waals surface area contributed by atoms with E-state index in [0.717, 1.165) is 13.1 Å². The Labute approximate surface area is 64.2 Å². The summed E-state index contributed by atoms with van der Waals surface area (Å²) in [4.78, 5) is 2.06. The summed E-state index contributed by atoms with van der Waals surface area (Å²) in [6.07, 6.45) is 0. The molecule has 0 unspecified atom stereocenters. The molecular formula is C8H20FN. The van der Waals surface area contributed by atoms with Crippen molar-refractivity contribution >= 4 is 0 Å². The molecule has 0 N–H and O–H groups in total. The fourth-order valence-corrected chi connectivity index (χ4v) is 0.659. The standard InChI is InChI=1S/C6H14FN.C2H6/c1-3-8(4-2)6-5-7;1-2/h3-6H2,1-2H3;1-2H3. The molecule has 0 spiro atoms. The second-order valence-corrected chi connectivity index (χ2v) is 1.72. The molecule has 0 bridgehead atoms. The maximum atomic E-state index is 11.6. The molecule has 0 rings (SSSR count). The van der Waals surface area contributed by atoms with Crippen LogP contribution in [0.25, 0.3) is 0 Å². The summed E-state index contributed by atoms with van der Waals surface area (Å²) in [7, 11) is 0. The van der Waals surface area contributed by atoms with Gasteiger partial charge in [0.25, 0.3) is 0 Å². The first-order valence-corrected chi connectivity index (χ1v) is 4.13. The summed E-state index contributed by atoms with van der Waals surface area (Å²) >= 11 is 0. The molecule has 0 aromatic carbocycles. The van der Waals surface area contributed by atoms with E-state index >= 15 is 0 Å². The molecule has 0 atom stereocenters. The lowest BCUT2D eigenvalue weighted by Crippen LogP contribution is -2.24. The largest absolute Gasteiger partial charge is 0.301 e. The summed E-state index contributed by atoms with van der Waals surface area (Å²) in [5.74, 6) is 0. The van der Waals surface area contributed by atoms with Gasteiger partial charge in [-0.2, -0.15) is 0 Å². The Morgan fingerprint density at radius 2 is 1.50 bits per heavy atom. The van der Waals surface area contributed by atoms with Gasteiger partial charge < -0.3 is 4.90 Å². The van der Waals surface area contributed by atoms with Crippen LogP contribution >= 0.6 is 0 Å². The third-order valence-electron chi connectivity index (χ3n) is 1.30. The number of hydrogen-bond acceptors (Lipinski definition) is 1. The van der Waals surface area contributed by atoms with E-state index in [0.29, 0.717) is 6.54 Å². The summed E-state index contributed by atoms with van der Waals surface area (Å²) < 4.78 is 11.6. The minimum atomic E-state index is -0.221. The van der Waals surface area contributed by atoms with E-state index in [1.165, 1.54) is 0 Å². The van der Waals surface area contributed by atoms with Crippen LogP contribution in [0.2, 0.25) is 0 Å². The molecule has 0 aliphatic rings. The van der Waals surface area contributed by atoms with Gasteiger partial charge in [0.2, 0.25) is 0 Å². The topological polar surface area (TPSA) is 3.24 Å². The fourth-order valence-electron chi connectivity index (χ4n) is 0.659. The number of rotatable bonds is 4. The van der Waals surface area contributed by atoms with E-state index in [1.54, 1.807) is 0 Å². The molecule has 0 fully saturated rings. The van der Waals surface area contributed by atoms with Gasteiger partial charge in [-0.05, 0) is 13.1 Å². The summed E-state index contributed by atoms with van der Waals surface area (Å²) in [6.45, 7) is 10.4. The fraction of sp³-hybridized carbons (Fsp3) is 1.00. The van der Waals surface area contributed by atoms with Gasteiger partial charge in [0.15, 0.2) is 0 Å². The van der Waals surface area contributed by atoms with E-state index < -0.39 is 0 Å². The lowest BCUT2D eigenvalue weighted by atomic mass is 10.5. The van der Waals surface area contributed by atoms with Crippen molar-refractivity contribution in [3.05, 3.63) is 0 Å². The average molecular weight is 149 g/mol. The summed E-state index contributed by atoms with van der Waals surface area (Å²) in [5.41, 5.74) is 0. The maximum absolute atomic E-state index is 11.6. The Morgan fingerprint density at radius 1 is 1.10 bits per heavy atom. The Balaban J connectivity index is 0. The van der Waals surface area contributed by atoms with Crippen molar-refractivity contribution < 1.29 is 4.39 Å². The quantitative estimate of drug-likeness (QED) is 0.593. The Morgan fingerprint density at radius 3 is 1.60 bits per heavy atom. The average Bonchev–Trinajstić information content (AvgIpc) is 2.04. The Hall–Kier alpha value is -0.110. The first-order chi connectivity index (χ1) is 4.85. The zero-order valence-corrected chi connectivity index (χ0v) is 7.65. The number of halogens is 1. The SMILES string of the molecule is CC.CCN(CC)CCF. The Kier molecular flexibility index (Phi) is 14.6. The third-order valence-corrected chi connectivity index (χ3v) is 1.30. The van der Waals surface area contributed by atoms with Gasteiger partial charge in [-0.15, -0.1) is 0 Å². The highest BCUT2D eigenvalue weighted by atomic mass is 19.1. The molecule has 10 heavy (non-hydrogen) atoms. The van der Waals surface area contributed by atoms with Crippen LogP contribution in [-0.2, 0) is 0 Å². The molecule has 64 valence electrons. The molecule has 1 nitrogen and oxygen atoms in total. The predicted molar refractivity (Wildman–Crippen MR) is 45.1 cm³/mol. The highest BCUT2D eigenvalue weighted by Gasteiger charge is 1.94. The van der Waals surface area contributed by atoms with Gasteiger partial charge in [0, 0.05) is 6.54 Å². The van der Waals surface area contributed by atoms with Crippen LogP contribution in [0, 0.1) is 0 Å². The van der Waals surface area contributed by atoms with Crippen LogP contribution in [0.3, 0.4) is 0 Å². The summed E-state index contributed by atoms with van der Waals surface area (Å²) in [5, 5.41) is 0. The molecule has 0 saturated carbocycles. The van der Waals surface area contributed by atoms with E-state index in [4.69, 9.17) is 0 Å². The van der Waals surface area contributed by atoms with Crippen molar-refractivity contribution in [2.75, 3.05) is 26.3 Å². The molecule has 0 aromatic heterocycles. The van der Waals surface area contributed by atoms with Gasteiger partial charge in [-0.25, -0.2) is 4.39 Å². The molecule has 2 heteroatoms. The molecule has 0 aromatic rings. The van der Waals surface area contributed by atoms with E-state index in [2.05, 4.69) is 4.90 Å². The van der Waals surface area contributed by atoms with Crippen LogP contribution in [0.15, 0.2) is 0 Å². The number of nitrogens with zero attached hydrogens (tertiary/aromatic N) is 1. The molecule has 0 radical (unpaired) electrons. The van der Waals surface area contributed by atoms with Gasteiger partial charge in [-0.1, -0.05) is 27.7 Å². The minimum Gasteiger partial charge on any atom is -0.301 e. The second-order valence-electron chi connectivity index (χ2n) is 1.72. The second kappa shape index (κ2) is 11.7. The van der Waals surface area contributed by atoms with Gasteiger partial charge >= 0.3 is 0 Å². The van der Waals surface area contributed by atoms with Gasteiger partial charge in [0.1, 0.15) is 6.67 Å². The van der Waals surface area contributed by atoms with Crippen molar-refractivity contribution in [2.45, 2.75) is 27.7 Å². The van der Waals surface area contributed by atoms with Crippen molar-refractivity contribution in [3.63, 3.8) is 0 Å². The van der Waals surface area contributed by atoms with E-state index in [-0.39, 0.29) is 6.67 Å². The number of hydrogen-bond donors (Lipinski definition) is 0. The van der Waals surface area contributed by atoms with Crippen LogP contribution in [0.5, 0.6) is 0 Å². The minimum absolute atomic E-state index is 0.221. The molecule has 0 heterocycles. The van der Waals surface area contributed by atoms with Crippen molar-refractivity contribution in [2.24, 2.45) is 0 Å². The Bertz CT molecular complexity index is 44.5. The summed E-state index contributed by atoms with van der Waals surface area (Å²) in [6, 6.07) is 0. The highest BCUT2D eigenvalue weighted by Crippen LogP contribution is 1.84. The first-order valence-electron chi connectivity index (χ1n) is 4.13. The zero-order valence-electron chi connectivity index (χ0n) is 7.65. The smallest absolute Gasteiger partial charge is 0.102 e. The lowest BCUT2D eigenvalue weighted by Gasteiger charge is -2.14. The lowest BCUT2D eigenvalue weighted by molar-refractivity contribution is 0.271. The molecular weight excluding hydrogens is 129 g/mol. The van der Waals surface area contributed by atoms with Crippen LogP contribution in [0.1, 0.15) is 27.7 Å². The molecule has 0 amide bonds. The maximum Gasteiger partial charge on any atom is 0.102 e. The molecule has 0 saturated heterocycles. The highest BCUT2D eigenvalue weighted by molar-refractivity contribution is 4.48. The molecule has 0 aliphatic heterocycles. The predicted octanol–water partition coefficient (Wildman–Crippen LogP) is 2.32. The van der Waals surface area contributed by atoms with Crippen LogP contribution < -0.4 is 0 Å². The number of alkyl halides is 1. The van der Waals surface area contributed by atoms with Gasteiger partial charge in [-0.3, -0.25) is 0 Å². The normalized spacial score (nSPS) is 9.00. The monoisotopic (exact) mass is 149 g/mol. The van der Waals surface area contributed by atoms with Crippen LogP contribution in [0.4, 0.5) is 4.39 Å². The van der Waals surface area contributed by atoms with E-state index in [1.807, 2.05) is 27.7 Å². The first kappa shape index (κ1) is 12.6. The van der Waals surface area contributed by atoms with Gasteiger partial charge in [0.05, 0.1) is 0 Å². The van der Waals surface area contributed by atoms with E-state index in [9.17, 15) is 4.39 Å². The van der Waals surface area contributed by atoms with Crippen molar-refractivity contribution in [3.8, 4) is 0 Å². The van der Waals surface area contributed by atoms with Crippen LogP contribution in [-0.4, -0.2) is 31.2 Å². The van der Waals surface area contributed by atoms with Crippen molar-refractivity contribution in [1.29, 1.82) is 0 Å².